The van der Waals surface area contributed by atoms with E-state index < -0.39 is 0 Å². The Bertz CT molecular complexity index is 303. The highest BCUT2D eigenvalue weighted by atomic mass is 35.5. The first kappa shape index (κ1) is 9.63. The summed E-state index contributed by atoms with van der Waals surface area (Å²) in [6.45, 7) is 5.84. The number of benzene rings is 1. The largest absolute Gasteiger partial charge is 0.122 e. The summed E-state index contributed by atoms with van der Waals surface area (Å²) in [4.78, 5) is 0. The number of allylic oxidation sites excluding steroid dienone is 1. The van der Waals surface area contributed by atoms with Gasteiger partial charge in [0.05, 0.1) is 0 Å². The minimum Gasteiger partial charge on any atom is -0.122 e. The molecule has 1 aromatic carbocycles. The summed E-state index contributed by atoms with van der Waals surface area (Å²) in [5, 5.41) is 0.714. The van der Waals surface area contributed by atoms with Crippen molar-refractivity contribution in [3.63, 3.8) is 0 Å². The zero-order valence-corrected chi connectivity index (χ0v) is 8.41. The predicted molar refractivity (Wildman–Crippen MR) is 55.9 cm³/mol. The average Bonchev–Trinajstić information content (AvgIpc) is 2.08. The molecule has 0 aliphatic heterocycles. The molecule has 12 heavy (non-hydrogen) atoms. The van der Waals surface area contributed by atoms with Crippen molar-refractivity contribution in [3.8, 4) is 0 Å². The quantitative estimate of drug-likeness (QED) is 0.636. The molecule has 0 aliphatic rings. The molecule has 0 saturated heterocycles. The van der Waals surface area contributed by atoms with E-state index in [2.05, 4.69) is 6.58 Å². The number of hydrogen-bond donors (Lipinski definition) is 0. The summed E-state index contributed by atoms with van der Waals surface area (Å²) in [6, 6.07) is 5.82. The average molecular weight is 201 g/mol. The third-order valence-corrected chi connectivity index (χ3v) is 2.32. The van der Waals surface area contributed by atoms with Crippen LogP contribution in [-0.4, -0.2) is 5.88 Å². The Morgan fingerprint density at radius 1 is 1.50 bits per heavy atom. The van der Waals surface area contributed by atoms with Crippen molar-refractivity contribution in [2.24, 2.45) is 0 Å². The molecule has 1 aromatic rings. The van der Waals surface area contributed by atoms with E-state index in [-0.39, 0.29) is 0 Å². The maximum atomic E-state index is 5.95. The summed E-state index contributed by atoms with van der Waals surface area (Å²) < 4.78 is 0. The smallest absolute Gasteiger partial charge is 0.0481 e. The SMILES string of the molecule is C=C(CCl)c1cc(C)ccc1Cl. The third kappa shape index (κ3) is 2.02. The lowest BCUT2D eigenvalue weighted by Gasteiger charge is -2.05. The summed E-state index contributed by atoms with van der Waals surface area (Å²) in [5.74, 6) is 0.420. The van der Waals surface area contributed by atoms with Gasteiger partial charge in [0, 0.05) is 10.9 Å². The van der Waals surface area contributed by atoms with Gasteiger partial charge in [-0.15, -0.1) is 11.6 Å². The van der Waals surface area contributed by atoms with Gasteiger partial charge in [-0.1, -0.05) is 35.9 Å². The molecule has 0 spiro atoms. The van der Waals surface area contributed by atoms with Gasteiger partial charge in [0.15, 0.2) is 0 Å². The predicted octanol–water partition coefficient (Wildman–Crippen LogP) is 3.90. The van der Waals surface area contributed by atoms with Crippen LogP contribution in [0, 0.1) is 6.92 Å². The molecule has 0 bridgehead atoms. The fourth-order valence-corrected chi connectivity index (χ4v) is 1.38. The highest BCUT2D eigenvalue weighted by Crippen LogP contribution is 2.24. The molecule has 0 nitrogen and oxygen atoms in total. The van der Waals surface area contributed by atoms with E-state index in [1.165, 1.54) is 5.56 Å². The van der Waals surface area contributed by atoms with Crippen molar-refractivity contribution in [2.45, 2.75) is 6.92 Å². The van der Waals surface area contributed by atoms with Crippen molar-refractivity contribution in [1.82, 2.24) is 0 Å². The van der Waals surface area contributed by atoms with Gasteiger partial charge in [-0.3, -0.25) is 0 Å². The molecule has 0 aromatic heterocycles. The van der Waals surface area contributed by atoms with Crippen LogP contribution in [0.2, 0.25) is 5.02 Å². The lowest BCUT2D eigenvalue weighted by molar-refractivity contribution is 1.44. The van der Waals surface area contributed by atoms with E-state index in [9.17, 15) is 0 Å². The maximum Gasteiger partial charge on any atom is 0.0481 e. The normalized spacial score (nSPS) is 9.92. The second-order valence-electron chi connectivity index (χ2n) is 2.72. The monoisotopic (exact) mass is 200 g/mol. The van der Waals surface area contributed by atoms with E-state index in [0.717, 1.165) is 11.1 Å². The van der Waals surface area contributed by atoms with Crippen molar-refractivity contribution in [3.05, 3.63) is 40.9 Å². The Morgan fingerprint density at radius 3 is 2.75 bits per heavy atom. The molecule has 0 aliphatic carbocycles. The lowest BCUT2D eigenvalue weighted by atomic mass is 10.1. The molecular formula is C10H10Cl2. The molecule has 2 heteroatoms. The van der Waals surface area contributed by atoms with Gasteiger partial charge in [-0.05, 0) is 24.1 Å². The van der Waals surface area contributed by atoms with Crippen LogP contribution in [0.1, 0.15) is 11.1 Å². The first-order valence-corrected chi connectivity index (χ1v) is 4.56. The Hall–Kier alpha value is -0.460. The molecule has 0 fully saturated rings. The minimum atomic E-state index is 0.420. The van der Waals surface area contributed by atoms with Gasteiger partial charge in [0.1, 0.15) is 0 Å². The first-order valence-electron chi connectivity index (χ1n) is 3.65. The van der Waals surface area contributed by atoms with Crippen molar-refractivity contribution in [1.29, 1.82) is 0 Å². The van der Waals surface area contributed by atoms with Gasteiger partial charge in [0.25, 0.3) is 0 Å². The molecule has 0 heterocycles. The highest BCUT2D eigenvalue weighted by molar-refractivity contribution is 6.33. The van der Waals surface area contributed by atoms with Crippen LogP contribution in [0.15, 0.2) is 24.8 Å². The molecule has 0 unspecified atom stereocenters. The van der Waals surface area contributed by atoms with E-state index in [4.69, 9.17) is 23.2 Å². The van der Waals surface area contributed by atoms with E-state index in [0.29, 0.717) is 10.9 Å². The van der Waals surface area contributed by atoms with E-state index in [1.54, 1.807) is 0 Å². The molecule has 0 atom stereocenters. The number of halogens is 2. The molecular weight excluding hydrogens is 191 g/mol. The van der Waals surface area contributed by atoms with Gasteiger partial charge < -0.3 is 0 Å². The molecule has 0 amide bonds. The van der Waals surface area contributed by atoms with Crippen LogP contribution in [0.5, 0.6) is 0 Å². The Balaban J connectivity index is 3.13. The summed E-state index contributed by atoms with van der Waals surface area (Å²) >= 11 is 11.6. The van der Waals surface area contributed by atoms with Gasteiger partial charge >= 0.3 is 0 Å². The second-order valence-corrected chi connectivity index (χ2v) is 3.39. The summed E-state index contributed by atoms with van der Waals surface area (Å²) in [6.07, 6.45) is 0. The van der Waals surface area contributed by atoms with Crippen LogP contribution in [-0.2, 0) is 0 Å². The second kappa shape index (κ2) is 3.97. The Kier molecular flexibility index (Phi) is 3.19. The standard InChI is InChI=1S/C10H10Cl2/c1-7-3-4-10(12)9(5-7)8(2)6-11/h3-5H,2,6H2,1H3. The van der Waals surface area contributed by atoms with Crippen LogP contribution < -0.4 is 0 Å². The molecule has 0 saturated carbocycles. The summed E-state index contributed by atoms with van der Waals surface area (Å²) in [7, 11) is 0. The van der Waals surface area contributed by atoms with Crippen molar-refractivity contribution < 1.29 is 0 Å². The van der Waals surface area contributed by atoms with Gasteiger partial charge in [-0.25, -0.2) is 0 Å². The Morgan fingerprint density at radius 2 is 2.17 bits per heavy atom. The van der Waals surface area contributed by atoms with E-state index >= 15 is 0 Å². The topological polar surface area (TPSA) is 0 Å². The van der Waals surface area contributed by atoms with Crippen LogP contribution in [0.4, 0.5) is 0 Å². The summed E-state index contributed by atoms with van der Waals surface area (Å²) in [5.41, 5.74) is 2.98. The van der Waals surface area contributed by atoms with Crippen LogP contribution >= 0.6 is 23.2 Å². The molecule has 0 N–H and O–H groups in total. The van der Waals surface area contributed by atoms with Gasteiger partial charge in [0.2, 0.25) is 0 Å². The number of alkyl halides is 1. The zero-order valence-electron chi connectivity index (χ0n) is 6.90. The minimum absolute atomic E-state index is 0.420. The van der Waals surface area contributed by atoms with Gasteiger partial charge in [-0.2, -0.15) is 0 Å². The zero-order chi connectivity index (χ0) is 9.14. The fourth-order valence-electron chi connectivity index (χ4n) is 0.982. The fraction of sp³-hybridized carbons (Fsp3) is 0.200. The van der Waals surface area contributed by atoms with Crippen LogP contribution in [0.25, 0.3) is 5.57 Å². The van der Waals surface area contributed by atoms with Crippen molar-refractivity contribution in [2.75, 3.05) is 5.88 Å². The first-order chi connectivity index (χ1) is 5.65. The lowest BCUT2D eigenvalue weighted by Crippen LogP contribution is -1.86. The maximum absolute atomic E-state index is 5.95. The van der Waals surface area contributed by atoms with Crippen LogP contribution in [0.3, 0.4) is 0 Å². The molecule has 1 rings (SSSR count). The number of hydrogen-bond acceptors (Lipinski definition) is 0. The number of aryl methyl sites for hydroxylation is 1. The molecule has 0 radical (unpaired) electrons. The number of rotatable bonds is 2. The highest BCUT2D eigenvalue weighted by Gasteiger charge is 2.02. The third-order valence-electron chi connectivity index (χ3n) is 1.66. The van der Waals surface area contributed by atoms with E-state index in [1.807, 2.05) is 25.1 Å². The van der Waals surface area contributed by atoms with Crippen molar-refractivity contribution >= 4 is 28.8 Å². The Labute approximate surface area is 82.8 Å². The molecule has 64 valence electrons.